The zero-order valence-corrected chi connectivity index (χ0v) is 20.0. The summed E-state index contributed by atoms with van der Waals surface area (Å²) in [6.07, 6.45) is 0. The van der Waals surface area contributed by atoms with Gasteiger partial charge in [-0.3, -0.25) is 4.79 Å². The van der Waals surface area contributed by atoms with E-state index in [1.807, 2.05) is 24.3 Å². The second-order valence-electron chi connectivity index (χ2n) is 7.40. The number of halogens is 1. The number of nitrogens with zero attached hydrogens (tertiary/aromatic N) is 4. The zero-order valence-electron chi connectivity index (χ0n) is 18.4. The van der Waals surface area contributed by atoms with Crippen LogP contribution < -0.4 is 20.4 Å². The molecule has 3 heterocycles. The molecular formula is C24H18BrN5O5. The largest absolute Gasteiger partial charge is 0.496 e. The summed E-state index contributed by atoms with van der Waals surface area (Å²) in [6, 6.07) is 17.5. The summed E-state index contributed by atoms with van der Waals surface area (Å²) < 4.78 is 18.7. The van der Waals surface area contributed by atoms with Crippen molar-refractivity contribution in [3.05, 3.63) is 81.1 Å². The number of methoxy groups -OCH3 is 1. The third-order valence-corrected chi connectivity index (χ3v) is 5.66. The van der Waals surface area contributed by atoms with Gasteiger partial charge in [0.1, 0.15) is 23.5 Å². The van der Waals surface area contributed by atoms with Crippen LogP contribution in [0.5, 0.6) is 11.6 Å². The van der Waals surface area contributed by atoms with Gasteiger partial charge in [0.2, 0.25) is 5.88 Å². The van der Waals surface area contributed by atoms with Crippen LogP contribution >= 0.6 is 15.9 Å². The topological polar surface area (TPSA) is 121 Å². The highest BCUT2D eigenvalue weighted by molar-refractivity contribution is 9.10. The van der Waals surface area contributed by atoms with E-state index in [0.717, 1.165) is 10.0 Å². The number of nitrogens with one attached hydrogen (secondary N) is 1. The van der Waals surface area contributed by atoms with E-state index < -0.39 is 11.5 Å². The summed E-state index contributed by atoms with van der Waals surface area (Å²) in [5, 5.41) is 16.1. The van der Waals surface area contributed by atoms with Gasteiger partial charge in [-0.2, -0.15) is 4.52 Å². The van der Waals surface area contributed by atoms with Crippen LogP contribution in [0.2, 0.25) is 0 Å². The number of benzene rings is 2. The van der Waals surface area contributed by atoms with Crippen molar-refractivity contribution < 1.29 is 18.7 Å². The third-order valence-electron chi connectivity index (χ3n) is 5.16. The van der Waals surface area contributed by atoms with Crippen molar-refractivity contribution in [1.29, 1.82) is 0 Å². The van der Waals surface area contributed by atoms with Crippen LogP contribution in [0.4, 0.5) is 0 Å². The second kappa shape index (κ2) is 9.55. The molecule has 3 aromatic heterocycles. The number of carbonyl (C=O) groups is 1. The van der Waals surface area contributed by atoms with E-state index in [9.17, 15) is 9.59 Å². The number of aromatic nitrogens is 4. The lowest BCUT2D eigenvalue weighted by atomic mass is 10.2. The quantitative estimate of drug-likeness (QED) is 0.248. The first-order valence-electron chi connectivity index (χ1n) is 10.5. The van der Waals surface area contributed by atoms with E-state index in [0.29, 0.717) is 34.1 Å². The molecule has 2 aromatic carbocycles. The first kappa shape index (κ1) is 22.5. The fourth-order valence-corrected chi connectivity index (χ4v) is 3.89. The van der Waals surface area contributed by atoms with Crippen LogP contribution in [0.3, 0.4) is 0 Å². The van der Waals surface area contributed by atoms with E-state index in [1.165, 1.54) is 6.07 Å². The molecule has 176 valence electrons. The minimum atomic E-state index is -0.707. The highest BCUT2D eigenvalue weighted by Crippen LogP contribution is 2.28. The molecule has 0 saturated heterocycles. The first-order valence-corrected chi connectivity index (χ1v) is 11.3. The molecule has 0 spiro atoms. The average Bonchev–Trinajstić information content (AvgIpc) is 3.29. The molecule has 35 heavy (non-hydrogen) atoms. The molecule has 10 nitrogen and oxygen atoms in total. The van der Waals surface area contributed by atoms with Gasteiger partial charge in [0, 0.05) is 15.9 Å². The SMILES string of the molecule is COc1ccccc1-c1nnc2ccc(OCCNC(=O)c3cc4cc(Br)ccc4oc3=O)nn12. The van der Waals surface area contributed by atoms with E-state index in [1.54, 1.807) is 42.0 Å². The number of rotatable bonds is 7. The highest BCUT2D eigenvalue weighted by Gasteiger charge is 2.15. The normalized spacial score (nSPS) is 11.0. The monoisotopic (exact) mass is 535 g/mol. The predicted molar refractivity (Wildman–Crippen MR) is 131 cm³/mol. The van der Waals surface area contributed by atoms with E-state index >= 15 is 0 Å². The van der Waals surface area contributed by atoms with Gasteiger partial charge in [0.05, 0.1) is 19.2 Å². The van der Waals surface area contributed by atoms with E-state index in [2.05, 4.69) is 36.5 Å². The molecule has 0 unspecified atom stereocenters. The van der Waals surface area contributed by atoms with Gasteiger partial charge < -0.3 is 19.2 Å². The van der Waals surface area contributed by atoms with E-state index in [4.69, 9.17) is 13.9 Å². The Labute approximate surface area is 206 Å². The summed E-state index contributed by atoms with van der Waals surface area (Å²) >= 11 is 3.36. The fourth-order valence-electron chi connectivity index (χ4n) is 3.51. The number of hydrogen-bond donors (Lipinski definition) is 1. The molecule has 0 saturated carbocycles. The fraction of sp³-hybridized carbons (Fsp3) is 0.125. The van der Waals surface area contributed by atoms with Crippen LogP contribution in [-0.2, 0) is 0 Å². The maximum atomic E-state index is 12.5. The molecule has 0 atom stereocenters. The minimum Gasteiger partial charge on any atom is -0.496 e. The van der Waals surface area contributed by atoms with Crippen LogP contribution in [0.15, 0.2) is 74.3 Å². The Morgan fingerprint density at radius 3 is 2.83 bits per heavy atom. The standard InChI is InChI=1S/C24H18BrN5O5/c1-33-19-5-3-2-4-16(19)22-28-27-20-8-9-21(29-30(20)22)34-11-10-26-23(31)17-13-14-12-15(25)6-7-18(14)35-24(17)32/h2-9,12-13H,10-11H2,1H3,(H,26,31). The van der Waals surface area contributed by atoms with Crippen LogP contribution in [0.1, 0.15) is 10.4 Å². The lowest BCUT2D eigenvalue weighted by Crippen LogP contribution is -2.31. The summed E-state index contributed by atoms with van der Waals surface area (Å²) in [5.74, 6) is 0.914. The molecule has 5 aromatic rings. The van der Waals surface area contributed by atoms with Crippen molar-refractivity contribution >= 4 is 38.5 Å². The maximum Gasteiger partial charge on any atom is 0.349 e. The van der Waals surface area contributed by atoms with Gasteiger partial charge in [-0.1, -0.05) is 28.1 Å². The summed E-state index contributed by atoms with van der Waals surface area (Å²) in [5.41, 5.74) is 0.894. The van der Waals surface area contributed by atoms with Crippen molar-refractivity contribution in [2.45, 2.75) is 0 Å². The molecular weight excluding hydrogens is 518 g/mol. The van der Waals surface area contributed by atoms with Crippen molar-refractivity contribution in [3.63, 3.8) is 0 Å². The second-order valence-corrected chi connectivity index (χ2v) is 8.32. The van der Waals surface area contributed by atoms with Gasteiger partial charge in [0.25, 0.3) is 5.91 Å². The summed E-state index contributed by atoms with van der Waals surface area (Å²) in [6.45, 7) is 0.275. The maximum absolute atomic E-state index is 12.5. The smallest absolute Gasteiger partial charge is 0.349 e. The van der Waals surface area contributed by atoms with Crippen molar-refractivity contribution in [2.75, 3.05) is 20.3 Å². The van der Waals surface area contributed by atoms with Gasteiger partial charge >= 0.3 is 5.63 Å². The molecule has 5 rings (SSSR count). The van der Waals surface area contributed by atoms with Crippen molar-refractivity contribution in [1.82, 2.24) is 25.1 Å². The number of ether oxygens (including phenoxy) is 2. The molecule has 1 N–H and O–H groups in total. The molecule has 0 aliphatic heterocycles. The van der Waals surface area contributed by atoms with Gasteiger partial charge in [-0.05, 0) is 42.5 Å². The Hall–Kier alpha value is -4.25. The molecule has 0 aliphatic rings. The van der Waals surface area contributed by atoms with Crippen LogP contribution in [-0.4, -0.2) is 46.0 Å². The summed E-state index contributed by atoms with van der Waals surface area (Å²) in [7, 11) is 1.58. The molecule has 0 fully saturated rings. The Morgan fingerprint density at radius 1 is 1.11 bits per heavy atom. The molecule has 0 radical (unpaired) electrons. The van der Waals surface area contributed by atoms with E-state index in [-0.39, 0.29) is 18.7 Å². The number of fused-ring (bicyclic) bond motifs is 2. The lowest BCUT2D eigenvalue weighted by Gasteiger charge is -2.09. The molecule has 1 amide bonds. The number of hydrogen-bond acceptors (Lipinski definition) is 8. The minimum absolute atomic E-state index is 0.0823. The zero-order chi connectivity index (χ0) is 24.4. The lowest BCUT2D eigenvalue weighted by molar-refractivity contribution is 0.0943. The average molecular weight is 536 g/mol. The first-order chi connectivity index (χ1) is 17.0. The molecule has 0 bridgehead atoms. The Morgan fingerprint density at radius 2 is 1.97 bits per heavy atom. The van der Waals surface area contributed by atoms with Crippen molar-refractivity contribution in [2.24, 2.45) is 0 Å². The van der Waals surface area contributed by atoms with Crippen molar-refractivity contribution in [3.8, 4) is 23.0 Å². The number of amides is 1. The molecule has 11 heteroatoms. The highest BCUT2D eigenvalue weighted by atomic mass is 79.9. The van der Waals surface area contributed by atoms with Gasteiger partial charge in [-0.25, -0.2) is 4.79 Å². The van der Waals surface area contributed by atoms with Gasteiger partial charge in [0.15, 0.2) is 11.5 Å². The predicted octanol–water partition coefficient (Wildman–Crippen LogP) is 3.48. The van der Waals surface area contributed by atoms with Gasteiger partial charge in [-0.15, -0.1) is 15.3 Å². The number of para-hydroxylation sites is 1. The molecule has 0 aliphatic carbocycles. The van der Waals surface area contributed by atoms with Crippen LogP contribution in [0, 0.1) is 0 Å². The number of carbonyl (C=O) groups excluding carboxylic acids is 1. The Bertz CT molecular complexity index is 1610. The Kier molecular flexibility index (Phi) is 6.15. The Balaban J connectivity index is 1.27. The third kappa shape index (κ3) is 4.58. The van der Waals surface area contributed by atoms with Crippen LogP contribution in [0.25, 0.3) is 28.0 Å². The summed E-state index contributed by atoms with van der Waals surface area (Å²) in [4.78, 5) is 24.7.